The topological polar surface area (TPSA) is 158 Å². The molecule has 4 aliphatic rings. The minimum Gasteiger partial charge on any atom is -0.372 e. The molecule has 10 nitrogen and oxygen atoms in total. The largest absolute Gasteiger partial charge is 0.372 e. The van der Waals surface area contributed by atoms with Crippen LogP contribution in [0.25, 0.3) is 0 Å². The highest BCUT2D eigenvalue weighted by atomic mass is 32.2. The number of hydrogen-bond acceptors (Lipinski definition) is 8. The van der Waals surface area contributed by atoms with E-state index in [1.807, 2.05) is 6.08 Å². The quantitative estimate of drug-likeness (QED) is 0.498. The van der Waals surface area contributed by atoms with Crippen LogP contribution in [0.2, 0.25) is 0 Å². The molecule has 2 atom stereocenters. The molecule has 0 saturated carbocycles. The average Bonchev–Trinajstić information content (AvgIpc) is 2.66. The van der Waals surface area contributed by atoms with Crippen molar-refractivity contribution < 1.29 is 25.9 Å². The van der Waals surface area contributed by atoms with Gasteiger partial charge in [-0.1, -0.05) is 6.08 Å². The first-order chi connectivity index (χ1) is 14.1. The number of benzene rings is 1. The molecular formula is C18H14N4O6S2. The molecule has 5 rings (SSSR count). The van der Waals surface area contributed by atoms with E-state index in [2.05, 4.69) is 20.6 Å². The highest BCUT2D eigenvalue weighted by Gasteiger charge is 2.31. The Labute approximate surface area is 171 Å². The summed E-state index contributed by atoms with van der Waals surface area (Å²) in [4.78, 5) is 8.61. The maximum Gasteiger partial charge on any atom is 0.294 e. The van der Waals surface area contributed by atoms with Gasteiger partial charge < -0.3 is 10.6 Å². The van der Waals surface area contributed by atoms with E-state index in [1.165, 1.54) is 30.4 Å². The summed E-state index contributed by atoms with van der Waals surface area (Å²) in [6, 6.07) is 3.39. The molecule has 12 heteroatoms. The summed E-state index contributed by atoms with van der Waals surface area (Å²) in [5.41, 5.74) is 3.36. The normalized spacial score (nSPS) is 24.3. The third-order valence-electron chi connectivity index (χ3n) is 4.95. The number of nitrogens with zero attached hydrogens (tertiary/aromatic N) is 2. The molecule has 0 amide bonds. The first-order valence-corrected chi connectivity index (χ1v) is 11.6. The van der Waals surface area contributed by atoms with E-state index in [0.29, 0.717) is 34.2 Å². The zero-order valence-electron chi connectivity index (χ0n) is 15.0. The Bertz CT molecular complexity index is 1400. The predicted molar refractivity (Wildman–Crippen MR) is 111 cm³/mol. The molecule has 2 aliphatic carbocycles. The molecule has 30 heavy (non-hydrogen) atoms. The molecule has 0 radical (unpaired) electrons. The lowest BCUT2D eigenvalue weighted by atomic mass is 9.96. The molecule has 1 aromatic rings. The van der Waals surface area contributed by atoms with Crippen molar-refractivity contribution in [3.05, 3.63) is 64.9 Å². The summed E-state index contributed by atoms with van der Waals surface area (Å²) in [5, 5.41) is 6.39. The summed E-state index contributed by atoms with van der Waals surface area (Å²) in [7, 11) is -8.67. The molecule has 0 spiro atoms. The summed E-state index contributed by atoms with van der Waals surface area (Å²) < 4.78 is 64.1. The van der Waals surface area contributed by atoms with Gasteiger partial charge in [-0.25, -0.2) is 4.99 Å². The molecule has 0 aromatic heterocycles. The Balaban J connectivity index is 1.52. The first-order valence-electron chi connectivity index (χ1n) is 8.71. The van der Waals surface area contributed by atoms with Crippen molar-refractivity contribution in [2.75, 3.05) is 10.6 Å². The predicted octanol–water partition coefficient (Wildman–Crippen LogP) is 1.53. The Morgan fingerprint density at radius 2 is 1.80 bits per heavy atom. The first kappa shape index (κ1) is 18.9. The number of hydrogen-bond donors (Lipinski definition) is 4. The van der Waals surface area contributed by atoms with Gasteiger partial charge in [-0.05, 0) is 42.5 Å². The highest BCUT2D eigenvalue weighted by Crippen LogP contribution is 2.35. The SMILES string of the molecule is O=S(=O)(O)C1=CC2=NC3=CC4Nc5ccc(S(=O)(=O)O)cc5NC4=CC3=NC2C=C1. The fraction of sp³-hybridized carbons (Fsp3) is 0.111. The molecule has 0 bridgehead atoms. The van der Waals surface area contributed by atoms with Crippen LogP contribution < -0.4 is 10.6 Å². The van der Waals surface area contributed by atoms with Gasteiger partial charge in [0.1, 0.15) is 6.04 Å². The Morgan fingerprint density at radius 3 is 2.53 bits per heavy atom. The third kappa shape index (κ3) is 3.19. The second-order valence-electron chi connectivity index (χ2n) is 6.96. The van der Waals surface area contributed by atoms with Crippen LogP contribution in [0.5, 0.6) is 0 Å². The average molecular weight is 446 g/mol. The van der Waals surface area contributed by atoms with Gasteiger partial charge in [-0.15, -0.1) is 0 Å². The van der Waals surface area contributed by atoms with Gasteiger partial charge in [0, 0.05) is 5.70 Å². The molecular weight excluding hydrogens is 432 g/mol. The van der Waals surface area contributed by atoms with E-state index >= 15 is 0 Å². The number of fused-ring (bicyclic) bond motifs is 4. The number of allylic oxidation sites excluding steroid dienone is 2. The summed E-state index contributed by atoms with van der Waals surface area (Å²) in [6.45, 7) is 0. The van der Waals surface area contributed by atoms with E-state index < -0.39 is 26.3 Å². The van der Waals surface area contributed by atoms with Gasteiger partial charge in [0.15, 0.2) is 0 Å². The zero-order valence-corrected chi connectivity index (χ0v) is 16.6. The van der Waals surface area contributed by atoms with Gasteiger partial charge in [-0.3, -0.25) is 14.1 Å². The van der Waals surface area contributed by atoms with E-state index in [9.17, 15) is 25.9 Å². The maximum atomic E-state index is 11.4. The fourth-order valence-corrected chi connectivity index (χ4v) is 4.56. The number of anilines is 2. The maximum absolute atomic E-state index is 11.4. The minimum atomic E-state index is -4.34. The monoisotopic (exact) mass is 446 g/mol. The van der Waals surface area contributed by atoms with Crippen molar-refractivity contribution >= 4 is 43.0 Å². The standard InChI is InChI=1S/C18H14N4O6S2/c23-29(24,25)9-1-3-11-13(5-9)21-17-8-16-18(7-15(17)19-11)22-14-6-10(30(26,27)28)2-4-12(14)20-16/h1-8,11,16,20,22H,(H,23,24,25)(H,26,27,28). The van der Waals surface area contributed by atoms with Gasteiger partial charge in [0.2, 0.25) is 0 Å². The van der Waals surface area contributed by atoms with Gasteiger partial charge in [0.05, 0.1) is 44.3 Å². The summed E-state index contributed by atoms with van der Waals surface area (Å²) in [5.74, 6) is 0. The van der Waals surface area contributed by atoms with Crippen LogP contribution in [-0.4, -0.2) is 49.4 Å². The highest BCUT2D eigenvalue weighted by molar-refractivity contribution is 7.90. The van der Waals surface area contributed by atoms with Crippen molar-refractivity contribution in [1.82, 2.24) is 0 Å². The Hall–Kier alpha value is -3.06. The van der Waals surface area contributed by atoms with Crippen LogP contribution >= 0.6 is 0 Å². The number of nitrogens with one attached hydrogen (secondary N) is 2. The molecule has 0 saturated heterocycles. The second kappa shape index (κ2) is 6.22. The van der Waals surface area contributed by atoms with Gasteiger partial charge in [0.25, 0.3) is 20.2 Å². The smallest absolute Gasteiger partial charge is 0.294 e. The van der Waals surface area contributed by atoms with Crippen molar-refractivity contribution in [3.63, 3.8) is 0 Å². The van der Waals surface area contributed by atoms with Crippen LogP contribution in [0.15, 0.2) is 79.8 Å². The van der Waals surface area contributed by atoms with Crippen molar-refractivity contribution in [2.45, 2.75) is 17.0 Å². The van der Waals surface area contributed by atoms with Crippen molar-refractivity contribution in [1.29, 1.82) is 0 Å². The van der Waals surface area contributed by atoms with Crippen LogP contribution in [0.4, 0.5) is 11.4 Å². The zero-order chi connectivity index (χ0) is 21.3. The minimum absolute atomic E-state index is 0.223. The van der Waals surface area contributed by atoms with E-state index in [1.54, 1.807) is 12.1 Å². The Kier molecular flexibility index (Phi) is 3.92. The molecule has 0 fully saturated rings. The second-order valence-corrected chi connectivity index (χ2v) is 9.80. The van der Waals surface area contributed by atoms with Crippen LogP contribution in [0.3, 0.4) is 0 Å². The molecule has 154 valence electrons. The lowest BCUT2D eigenvalue weighted by molar-refractivity contribution is 0.482. The number of aliphatic imine (C=N–C) groups is 2. The molecule has 2 aliphatic heterocycles. The van der Waals surface area contributed by atoms with Crippen LogP contribution in [0.1, 0.15) is 0 Å². The van der Waals surface area contributed by atoms with Gasteiger partial charge in [-0.2, -0.15) is 16.8 Å². The van der Waals surface area contributed by atoms with E-state index in [0.717, 1.165) is 0 Å². The van der Waals surface area contributed by atoms with E-state index in [4.69, 9.17) is 0 Å². The van der Waals surface area contributed by atoms with Gasteiger partial charge >= 0.3 is 0 Å². The summed E-state index contributed by atoms with van der Waals surface area (Å²) in [6.07, 6.45) is 7.69. The van der Waals surface area contributed by atoms with Crippen LogP contribution in [0, 0.1) is 0 Å². The lowest BCUT2D eigenvalue weighted by Crippen LogP contribution is -2.35. The van der Waals surface area contributed by atoms with Crippen molar-refractivity contribution in [3.8, 4) is 0 Å². The molecule has 1 aromatic carbocycles. The van der Waals surface area contributed by atoms with Crippen LogP contribution in [-0.2, 0) is 20.2 Å². The number of rotatable bonds is 2. The molecule has 2 heterocycles. The fourth-order valence-electron chi connectivity index (χ4n) is 3.53. The molecule has 2 unspecified atom stereocenters. The lowest BCUT2D eigenvalue weighted by Gasteiger charge is -2.33. The Morgan fingerprint density at radius 1 is 1.00 bits per heavy atom. The third-order valence-corrected chi connectivity index (χ3v) is 6.65. The molecule has 4 N–H and O–H groups in total. The summed E-state index contributed by atoms with van der Waals surface area (Å²) >= 11 is 0. The van der Waals surface area contributed by atoms with Crippen molar-refractivity contribution in [2.24, 2.45) is 9.98 Å². The van der Waals surface area contributed by atoms with E-state index in [-0.39, 0.29) is 15.8 Å².